The zero-order chi connectivity index (χ0) is 20.1. The molecule has 0 bridgehead atoms. The number of aryl methyl sites for hydroxylation is 1. The zero-order valence-corrected chi connectivity index (χ0v) is 15.9. The standard InChI is InChI=1S/C21H21N3O4/c1-14(15-9-5-4-6-10-15)19-13-18(23-24(19)2)20(25)16-11-7-8-12-17(16)22-21(26)28-27-3/h4-14H,1-3H3,(H,22,26). The summed E-state index contributed by atoms with van der Waals surface area (Å²) in [5.74, 6) is -0.222. The summed E-state index contributed by atoms with van der Waals surface area (Å²) in [7, 11) is 3.03. The lowest BCUT2D eigenvalue weighted by Crippen LogP contribution is -2.16. The van der Waals surface area contributed by atoms with Crippen LogP contribution in [0.5, 0.6) is 0 Å². The normalized spacial score (nSPS) is 11.7. The molecule has 144 valence electrons. The topological polar surface area (TPSA) is 82.5 Å². The van der Waals surface area contributed by atoms with E-state index in [-0.39, 0.29) is 11.7 Å². The maximum Gasteiger partial charge on any atom is 0.443 e. The number of nitrogens with one attached hydrogen (secondary N) is 1. The molecule has 1 atom stereocenters. The fraction of sp³-hybridized carbons (Fsp3) is 0.190. The SMILES string of the molecule is COOC(=O)Nc1ccccc1C(=O)c1cc(C(C)c2ccccc2)n(C)n1. The van der Waals surface area contributed by atoms with Crippen molar-refractivity contribution < 1.29 is 19.4 Å². The number of amides is 1. The fourth-order valence-electron chi connectivity index (χ4n) is 3.04. The molecule has 3 rings (SSSR count). The number of rotatable bonds is 6. The van der Waals surface area contributed by atoms with E-state index in [1.54, 1.807) is 35.0 Å². The molecule has 1 heterocycles. The van der Waals surface area contributed by atoms with Crippen molar-refractivity contribution in [3.63, 3.8) is 0 Å². The summed E-state index contributed by atoms with van der Waals surface area (Å²) >= 11 is 0. The molecule has 3 aromatic rings. The fourth-order valence-corrected chi connectivity index (χ4v) is 3.04. The highest BCUT2D eigenvalue weighted by molar-refractivity contribution is 6.12. The highest BCUT2D eigenvalue weighted by Gasteiger charge is 2.21. The summed E-state index contributed by atoms with van der Waals surface area (Å²) in [4.78, 5) is 33.4. The summed E-state index contributed by atoms with van der Waals surface area (Å²) in [6, 6.07) is 18.5. The van der Waals surface area contributed by atoms with Gasteiger partial charge in [0.1, 0.15) is 5.69 Å². The van der Waals surface area contributed by atoms with Crippen LogP contribution in [-0.4, -0.2) is 28.8 Å². The van der Waals surface area contributed by atoms with Gasteiger partial charge in [-0.3, -0.25) is 19.7 Å². The lowest BCUT2D eigenvalue weighted by Gasteiger charge is -2.11. The summed E-state index contributed by atoms with van der Waals surface area (Å²) in [6.07, 6.45) is -0.817. The second-order valence-electron chi connectivity index (χ2n) is 6.25. The Kier molecular flexibility index (Phi) is 5.86. The van der Waals surface area contributed by atoms with Gasteiger partial charge in [-0.2, -0.15) is 9.99 Å². The van der Waals surface area contributed by atoms with Crippen LogP contribution in [-0.2, 0) is 16.8 Å². The average Bonchev–Trinajstić information content (AvgIpc) is 3.10. The van der Waals surface area contributed by atoms with E-state index in [9.17, 15) is 9.59 Å². The third-order valence-electron chi connectivity index (χ3n) is 4.46. The molecule has 7 nitrogen and oxygen atoms in total. The Labute approximate surface area is 162 Å². The minimum Gasteiger partial charge on any atom is -0.288 e. The molecule has 0 saturated carbocycles. The first-order chi connectivity index (χ1) is 13.5. The number of anilines is 1. The van der Waals surface area contributed by atoms with E-state index >= 15 is 0 Å². The second kappa shape index (κ2) is 8.49. The Morgan fingerprint density at radius 1 is 1.07 bits per heavy atom. The molecule has 0 saturated heterocycles. The van der Waals surface area contributed by atoms with Gasteiger partial charge in [-0.05, 0) is 23.8 Å². The van der Waals surface area contributed by atoms with Crippen molar-refractivity contribution >= 4 is 17.6 Å². The minimum absolute atomic E-state index is 0.0744. The van der Waals surface area contributed by atoms with Crippen LogP contribution >= 0.6 is 0 Å². The van der Waals surface area contributed by atoms with E-state index < -0.39 is 6.09 Å². The third kappa shape index (κ3) is 4.10. The Morgan fingerprint density at radius 2 is 1.75 bits per heavy atom. The largest absolute Gasteiger partial charge is 0.443 e. The quantitative estimate of drug-likeness (QED) is 0.399. The van der Waals surface area contributed by atoms with Crippen molar-refractivity contribution in [3.8, 4) is 0 Å². The smallest absolute Gasteiger partial charge is 0.288 e. The van der Waals surface area contributed by atoms with Gasteiger partial charge in [0, 0.05) is 24.2 Å². The van der Waals surface area contributed by atoms with Crippen molar-refractivity contribution in [2.45, 2.75) is 12.8 Å². The first-order valence-electron chi connectivity index (χ1n) is 8.75. The van der Waals surface area contributed by atoms with Gasteiger partial charge in [0.15, 0.2) is 0 Å². The number of hydrogen-bond donors (Lipinski definition) is 1. The van der Waals surface area contributed by atoms with E-state index in [1.807, 2.05) is 37.4 Å². The van der Waals surface area contributed by atoms with Crippen LogP contribution in [0, 0.1) is 0 Å². The van der Waals surface area contributed by atoms with Crippen LogP contribution in [0.2, 0.25) is 0 Å². The molecule has 7 heteroatoms. The van der Waals surface area contributed by atoms with Gasteiger partial charge in [0.05, 0.1) is 12.8 Å². The Bertz CT molecular complexity index is 982. The molecule has 0 fully saturated rings. The van der Waals surface area contributed by atoms with Gasteiger partial charge < -0.3 is 0 Å². The molecular weight excluding hydrogens is 358 g/mol. The van der Waals surface area contributed by atoms with Gasteiger partial charge >= 0.3 is 6.09 Å². The molecule has 1 unspecified atom stereocenters. The number of benzene rings is 2. The first-order valence-corrected chi connectivity index (χ1v) is 8.75. The van der Waals surface area contributed by atoms with Gasteiger partial charge in [-0.1, -0.05) is 49.4 Å². The average molecular weight is 379 g/mol. The van der Waals surface area contributed by atoms with E-state index in [4.69, 9.17) is 0 Å². The zero-order valence-electron chi connectivity index (χ0n) is 15.9. The summed E-state index contributed by atoms with van der Waals surface area (Å²) < 4.78 is 1.71. The Hall–Kier alpha value is -3.45. The van der Waals surface area contributed by atoms with Crippen LogP contribution in [0.4, 0.5) is 10.5 Å². The summed E-state index contributed by atoms with van der Waals surface area (Å²) in [6.45, 7) is 2.07. The van der Waals surface area contributed by atoms with E-state index in [1.165, 1.54) is 7.11 Å². The van der Waals surface area contributed by atoms with Crippen LogP contribution in [0.25, 0.3) is 0 Å². The number of aromatic nitrogens is 2. The van der Waals surface area contributed by atoms with E-state index in [2.05, 4.69) is 27.1 Å². The van der Waals surface area contributed by atoms with Gasteiger partial charge in [-0.25, -0.2) is 4.79 Å². The summed E-state index contributed by atoms with van der Waals surface area (Å²) in [5, 5.41) is 6.88. The predicted octanol–water partition coefficient (Wildman–Crippen LogP) is 3.91. The lowest BCUT2D eigenvalue weighted by molar-refractivity contribution is -0.208. The monoisotopic (exact) mass is 379 g/mol. The van der Waals surface area contributed by atoms with Crippen molar-refractivity contribution in [3.05, 3.63) is 83.2 Å². The maximum absolute atomic E-state index is 13.0. The molecule has 28 heavy (non-hydrogen) atoms. The molecule has 1 N–H and O–H groups in total. The van der Waals surface area contributed by atoms with Gasteiger partial charge in [0.2, 0.25) is 5.78 Å². The Balaban J connectivity index is 1.89. The molecule has 0 spiro atoms. The molecular formula is C21H21N3O4. The number of ketones is 1. The number of carbonyl (C=O) groups excluding carboxylic acids is 2. The van der Waals surface area contributed by atoms with Crippen molar-refractivity contribution in [1.29, 1.82) is 0 Å². The maximum atomic E-state index is 13.0. The van der Waals surface area contributed by atoms with E-state index in [0.29, 0.717) is 16.9 Å². The molecule has 1 aromatic heterocycles. The number of carbonyl (C=O) groups is 2. The Morgan fingerprint density at radius 3 is 2.46 bits per heavy atom. The minimum atomic E-state index is -0.817. The predicted molar refractivity (Wildman–Crippen MR) is 104 cm³/mol. The van der Waals surface area contributed by atoms with E-state index in [0.717, 1.165) is 11.3 Å². The van der Waals surface area contributed by atoms with Gasteiger partial charge in [-0.15, -0.1) is 0 Å². The first kappa shape index (κ1) is 19.3. The number of nitrogens with zero attached hydrogens (tertiary/aromatic N) is 2. The van der Waals surface area contributed by atoms with Crippen molar-refractivity contribution in [2.75, 3.05) is 12.4 Å². The highest BCUT2D eigenvalue weighted by atomic mass is 17.2. The van der Waals surface area contributed by atoms with Crippen LogP contribution in [0.15, 0.2) is 60.7 Å². The second-order valence-corrected chi connectivity index (χ2v) is 6.25. The molecule has 0 aliphatic heterocycles. The van der Waals surface area contributed by atoms with Gasteiger partial charge in [0.25, 0.3) is 0 Å². The number of hydrogen-bond acceptors (Lipinski definition) is 5. The molecule has 0 radical (unpaired) electrons. The molecule has 1 amide bonds. The summed E-state index contributed by atoms with van der Waals surface area (Å²) in [5.41, 5.74) is 2.98. The molecule has 0 aliphatic carbocycles. The lowest BCUT2D eigenvalue weighted by atomic mass is 9.97. The highest BCUT2D eigenvalue weighted by Crippen LogP contribution is 2.26. The van der Waals surface area contributed by atoms with Crippen molar-refractivity contribution in [1.82, 2.24) is 9.78 Å². The third-order valence-corrected chi connectivity index (χ3v) is 4.46. The van der Waals surface area contributed by atoms with Crippen molar-refractivity contribution in [2.24, 2.45) is 7.05 Å². The van der Waals surface area contributed by atoms with Crippen LogP contribution in [0.3, 0.4) is 0 Å². The molecule has 2 aromatic carbocycles. The number of para-hydroxylation sites is 1. The van der Waals surface area contributed by atoms with Crippen LogP contribution < -0.4 is 5.32 Å². The van der Waals surface area contributed by atoms with Crippen LogP contribution in [0.1, 0.15) is 40.2 Å². The molecule has 0 aliphatic rings.